The number of anilines is 1. The van der Waals surface area contributed by atoms with Crippen LogP contribution in [0.1, 0.15) is 66.5 Å². The molecule has 1 aliphatic heterocycles. The molecule has 2 amide bonds. The monoisotopic (exact) mass is 626 g/mol. The highest BCUT2D eigenvalue weighted by atomic mass is 19.4. The molecule has 0 bridgehead atoms. The van der Waals surface area contributed by atoms with Gasteiger partial charge in [-0.3, -0.25) is 9.80 Å². The van der Waals surface area contributed by atoms with Gasteiger partial charge in [0.1, 0.15) is 0 Å². The van der Waals surface area contributed by atoms with E-state index in [1.807, 2.05) is 0 Å². The SMILES string of the molecule is CCOC(=O)N1c2ccc(C(F)(F)F)cc2[C@H](N(Cc2cc(C(F)(F)F)cc(C(F)(F)F)c2)C(=O)OC)C[C@@H]1C1CCC1. The highest BCUT2D eigenvalue weighted by Gasteiger charge is 2.46. The Balaban J connectivity index is 1.89. The van der Waals surface area contributed by atoms with Crippen molar-refractivity contribution in [2.45, 2.75) is 69.8 Å². The smallest absolute Gasteiger partial charge is 0.416 e. The van der Waals surface area contributed by atoms with Gasteiger partial charge in [0.05, 0.1) is 42.1 Å². The van der Waals surface area contributed by atoms with Gasteiger partial charge >= 0.3 is 30.7 Å². The molecule has 1 saturated carbocycles. The quantitative estimate of drug-likeness (QED) is 0.312. The molecule has 0 unspecified atom stereocenters. The summed E-state index contributed by atoms with van der Waals surface area (Å²) in [4.78, 5) is 28.2. The number of alkyl halides is 9. The highest BCUT2D eigenvalue weighted by Crippen LogP contribution is 2.49. The van der Waals surface area contributed by atoms with E-state index in [0.717, 1.165) is 30.6 Å². The molecule has 0 spiro atoms. The number of hydrogen-bond acceptors (Lipinski definition) is 4. The Morgan fingerprint density at radius 1 is 0.884 bits per heavy atom. The first kappa shape index (κ1) is 32.3. The number of nitrogens with zero attached hydrogens (tertiary/aromatic N) is 2. The first-order valence-corrected chi connectivity index (χ1v) is 13.3. The van der Waals surface area contributed by atoms with Crippen molar-refractivity contribution in [1.82, 2.24) is 4.90 Å². The average Bonchev–Trinajstić information content (AvgIpc) is 2.88. The Bertz CT molecular complexity index is 1320. The fraction of sp³-hybridized carbons (Fsp3) is 0.500. The van der Waals surface area contributed by atoms with Gasteiger partial charge in [0.15, 0.2) is 0 Å². The van der Waals surface area contributed by atoms with Crippen molar-refractivity contribution in [2.75, 3.05) is 18.6 Å². The zero-order valence-electron chi connectivity index (χ0n) is 22.9. The van der Waals surface area contributed by atoms with Crippen LogP contribution in [0.5, 0.6) is 0 Å². The van der Waals surface area contributed by atoms with E-state index in [2.05, 4.69) is 0 Å². The van der Waals surface area contributed by atoms with Gasteiger partial charge in [0.2, 0.25) is 0 Å². The first-order valence-electron chi connectivity index (χ1n) is 13.3. The number of ether oxygens (including phenoxy) is 2. The van der Waals surface area contributed by atoms with Gasteiger partial charge in [-0.15, -0.1) is 0 Å². The maximum absolute atomic E-state index is 13.8. The maximum atomic E-state index is 13.8. The van der Waals surface area contributed by atoms with Crippen LogP contribution < -0.4 is 4.90 Å². The summed E-state index contributed by atoms with van der Waals surface area (Å²) in [6.07, 6.45) is -15.3. The number of carbonyl (C=O) groups is 2. The number of rotatable bonds is 5. The van der Waals surface area contributed by atoms with Gasteiger partial charge in [-0.25, -0.2) is 9.59 Å². The molecule has 236 valence electrons. The topological polar surface area (TPSA) is 59.1 Å². The molecule has 1 heterocycles. The zero-order valence-corrected chi connectivity index (χ0v) is 22.9. The Morgan fingerprint density at radius 2 is 1.47 bits per heavy atom. The van der Waals surface area contributed by atoms with Gasteiger partial charge in [-0.1, -0.05) is 6.42 Å². The lowest BCUT2D eigenvalue weighted by molar-refractivity contribution is -0.143. The Morgan fingerprint density at radius 3 is 1.93 bits per heavy atom. The predicted molar refractivity (Wildman–Crippen MR) is 134 cm³/mol. The summed E-state index contributed by atoms with van der Waals surface area (Å²) >= 11 is 0. The largest absolute Gasteiger partial charge is 0.453 e. The van der Waals surface area contributed by atoms with Crippen LogP contribution in [0.25, 0.3) is 0 Å². The van der Waals surface area contributed by atoms with Crippen LogP contribution >= 0.6 is 0 Å². The third-order valence-electron chi connectivity index (χ3n) is 7.71. The summed E-state index contributed by atoms with van der Waals surface area (Å²) in [5.41, 5.74) is -5.15. The van der Waals surface area contributed by atoms with E-state index in [0.29, 0.717) is 31.0 Å². The summed E-state index contributed by atoms with van der Waals surface area (Å²) in [6, 6.07) is 1.31. The molecule has 1 fully saturated rings. The van der Waals surface area contributed by atoms with Crippen molar-refractivity contribution in [3.63, 3.8) is 0 Å². The van der Waals surface area contributed by atoms with Crippen LogP contribution in [0.15, 0.2) is 36.4 Å². The third-order valence-corrected chi connectivity index (χ3v) is 7.71. The van der Waals surface area contributed by atoms with Crippen LogP contribution in [0.3, 0.4) is 0 Å². The number of fused-ring (bicyclic) bond motifs is 1. The molecular weight excluding hydrogens is 599 g/mol. The number of amides is 2. The minimum atomic E-state index is -5.17. The average molecular weight is 627 g/mol. The van der Waals surface area contributed by atoms with E-state index in [4.69, 9.17) is 9.47 Å². The van der Waals surface area contributed by atoms with Crippen LogP contribution in [0.2, 0.25) is 0 Å². The van der Waals surface area contributed by atoms with Crippen molar-refractivity contribution in [3.8, 4) is 0 Å². The fourth-order valence-electron chi connectivity index (χ4n) is 5.53. The number of hydrogen-bond donors (Lipinski definition) is 0. The molecule has 2 aromatic carbocycles. The van der Waals surface area contributed by atoms with Crippen LogP contribution in [0, 0.1) is 5.92 Å². The lowest BCUT2D eigenvalue weighted by atomic mass is 9.74. The summed E-state index contributed by atoms with van der Waals surface area (Å²) in [7, 11) is 0.923. The Hall–Kier alpha value is -3.65. The van der Waals surface area contributed by atoms with E-state index in [1.165, 1.54) is 4.90 Å². The zero-order chi connectivity index (χ0) is 31.9. The molecule has 15 heteroatoms. The maximum Gasteiger partial charge on any atom is 0.416 e. The number of halogens is 9. The van der Waals surface area contributed by atoms with Gasteiger partial charge in [-0.05, 0) is 79.6 Å². The minimum Gasteiger partial charge on any atom is -0.453 e. The van der Waals surface area contributed by atoms with E-state index in [-0.39, 0.29) is 36.3 Å². The summed E-state index contributed by atoms with van der Waals surface area (Å²) in [5, 5.41) is 0. The third kappa shape index (κ3) is 6.80. The Kier molecular flexibility index (Phi) is 8.85. The molecule has 0 saturated heterocycles. The van der Waals surface area contributed by atoms with Crippen molar-refractivity contribution >= 4 is 17.9 Å². The van der Waals surface area contributed by atoms with Crippen molar-refractivity contribution in [2.24, 2.45) is 5.92 Å². The van der Waals surface area contributed by atoms with E-state index < -0.39 is 71.6 Å². The van der Waals surface area contributed by atoms with E-state index >= 15 is 0 Å². The lowest BCUT2D eigenvalue weighted by Crippen LogP contribution is -2.53. The fourth-order valence-corrected chi connectivity index (χ4v) is 5.53. The van der Waals surface area contributed by atoms with Crippen LogP contribution in [-0.2, 0) is 34.5 Å². The summed E-state index contributed by atoms with van der Waals surface area (Å²) < 4.78 is 133. The minimum absolute atomic E-state index is 0.0199. The van der Waals surface area contributed by atoms with Gasteiger partial charge in [0.25, 0.3) is 0 Å². The second-order valence-corrected chi connectivity index (χ2v) is 10.4. The standard InChI is InChI=1S/C28H27F9N2O4/c1-3-43-25(41)39-21-8-7-17(26(29,30)31)12-20(21)23(13-22(39)16-5-4-6-16)38(24(40)42-2)14-15-9-18(27(32,33)34)11-19(10-15)28(35,36)37/h7-12,16,22-23H,3-6,13-14H2,1-2H3/t22-,23-/m1/s1. The van der Waals surface area contributed by atoms with Crippen molar-refractivity contribution < 1.29 is 58.6 Å². The normalized spacial score (nSPS) is 19.4. The van der Waals surface area contributed by atoms with Crippen molar-refractivity contribution in [1.29, 1.82) is 0 Å². The van der Waals surface area contributed by atoms with Crippen LogP contribution in [0.4, 0.5) is 54.8 Å². The molecular formula is C28H27F9N2O4. The second kappa shape index (κ2) is 11.8. The van der Waals surface area contributed by atoms with E-state index in [9.17, 15) is 49.1 Å². The lowest BCUT2D eigenvalue weighted by Gasteiger charge is -2.48. The molecule has 0 N–H and O–H groups in total. The molecule has 6 nitrogen and oxygen atoms in total. The summed E-state index contributed by atoms with van der Waals surface area (Å²) in [6.45, 7) is 0.633. The molecule has 2 atom stereocenters. The Labute approximate surface area is 240 Å². The van der Waals surface area contributed by atoms with Crippen molar-refractivity contribution in [3.05, 3.63) is 64.2 Å². The van der Waals surface area contributed by atoms with Gasteiger partial charge in [-0.2, -0.15) is 39.5 Å². The highest BCUT2D eigenvalue weighted by molar-refractivity contribution is 5.90. The second-order valence-electron chi connectivity index (χ2n) is 10.4. The molecule has 1 aliphatic carbocycles. The van der Waals surface area contributed by atoms with Gasteiger partial charge < -0.3 is 9.47 Å². The molecule has 0 aromatic heterocycles. The number of methoxy groups -OCH3 is 1. The number of carbonyl (C=O) groups excluding carboxylic acids is 2. The molecule has 2 aromatic rings. The van der Waals surface area contributed by atoms with Crippen LogP contribution in [-0.4, -0.2) is 36.8 Å². The molecule has 4 rings (SSSR count). The van der Waals surface area contributed by atoms with Gasteiger partial charge in [0, 0.05) is 12.6 Å². The first-order chi connectivity index (χ1) is 20.0. The summed E-state index contributed by atoms with van der Waals surface area (Å²) in [5.74, 6) is -0.146. The predicted octanol–water partition coefficient (Wildman–Crippen LogP) is 8.59. The molecule has 0 radical (unpaired) electrons. The molecule has 2 aliphatic rings. The van der Waals surface area contributed by atoms with E-state index in [1.54, 1.807) is 6.92 Å². The molecule has 43 heavy (non-hydrogen) atoms. The number of benzene rings is 2.